The second kappa shape index (κ2) is 9.79. The summed E-state index contributed by atoms with van der Waals surface area (Å²) in [6.45, 7) is 1.51. The van der Waals surface area contributed by atoms with Crippen molar-refractivity contribution in [2.45, 2.75) is 62.9 Å². The van der Waals surface area contributed by atoms with Gasteiger partial charge in [-0.2, -0.15) is 5.26 Å². The molecule has 1 unspecified atom stereocenters. The summed E-state index contributed by atoms with van der Waals surface area (Å²) in [7, 11) is 2.01. The molecule has 3 rings (SSSR count). The summed E-state index contributed by atoms with van der Waals surface area (Å²) in [5.74, 6) is -0.292. The van der Waals surface area contributed by atoms with Gasteiger partial charge in [-0.3, -0.25) is 14.6 Å². The molecule has 1 saturated carbocycles. The molecule has 2 N–H and O–H groups in total. The number of hydrogen-bond donors (Lipinski definition) is 2. The van der Waals surface area contributed by atoms with E-state index in [4.69, 9.17) is 0 Å². The predicted octanol–water partition coefficient (Wildman–Crippen LogP) is 1.65. The van der Waals surface area contributed by atoms with Crippen molar-refractivity contribution in [3.8, 4) is 6.07 Å². The minimum atomic E-state index is -0.869. The number of nitrogens with zero attached hydrogens (tertiary/aromatic N) is 4. The number of likely N-dealkylation sites (tertiary alicyclic amines) is 1. The minimum Gasteiger partial charge on any atom is -0.339 e. The van der Waals surface area contributed by atoms with Gasteiger partial charge in [0.15, 0.2) is 0 Å². The monoisotopic (exact) mass is 398 g/mol. The maximum Gasteiger partial charge on any atom is 0.272 e. The van der Waals surface area contributed by atoms with Gasteiger partial charge in [0, 0.05) is 25.5 Å². The molecule has 0 bridgehead atoms. The Balaban J connectivity index is 1.71. The number of amides is 2. The molecule has 1 aromatic heterocycles. The van der Waals surface area contributed by atoms with Crippen LogP contribution in [0, 0.1) is 17.2 Å². The van der Waals surface area contributed by atoms with Crippen LogP contribution < -0.4 is 10.6 Å². The fraction of sp³-hybridized carbons (Fsp3) is 0.667. The maximum absolute atomic E-state index is 13.2. The van der Waals surface area contributed by atoms with Crippen LogP contribution in [0.3, 0.4) is 0 Å². The Kier molecular flexibility index (Phi) is 7.15. The number of nitrogens with one attached hydrogen (secondary N) is 2. The van der Waals surface area contributed by atoms with Crippen LogP contribution in [0.2, 0.25) is 0 Å². The van der Waals surface area contributed by atoms with E-state index in [9.17, 15) is 14.9 Å². The van der Waals surface area contributed by atoms with E-state index in [1.807, 2.05) is 7.05 Å². The Bertz CT molecular complexity index is 733. The lowest BCUT2D eigenvalue weighted by Gasteiger charge is -2.37. The second-order valence-electron chi connectivity index (χ2n) is 8.34. The van der Waals surface area contributed by atoms with E-state index in [1.54, 1.807) is 0 Å². The summed E-state index contributed by atoms with van der Waals surface area (Å²) in [4.78, 5) is 35.9. The Labute approximate surface area is 172 Å². The first-order valence-electron chi connectivity index (χ1n) is 10.5. The SMILES string of the molecule is CN1CCC(C#N)(NC(=O)C(CC2CCCCC2)NC(=O)c2cnccn2)CC1. The number of carbonyl (C=O) groups is 2. The van der Waals surface area contributed by atoms with E-state index < -0.39 is 17.5 Å². The van der Waals surface area contributed by atoms with Crippen molar-refractivity contribution in [2.75, 3.05) is 20.1 Å². The van der Waals surface area contributed by atoms with Gasteiger partial charge >= 0.3 is 0 Å². The molecule has 2 aliphatic rings. The largest absolute Gasteiger partial charge is 0.339 e. The third-order valence-corrected chi connectivity index (χ3v) is 6.13. The van der Waals surface area contributed by atoms with Crippen LogP contribution in [0.1, 0.15) is 61.9 Å². The number of hydrogen-bond acceptors (Lipinski definition) is 6. The first-order chi connectivity index (χ1) is 14.0. The molecule has 1 aliphatic heterocycles. The zero-order chi connectivity index (χ0) is 20.7. The van der Waals surface area contributed by atoms with Crippen molar-refractivity contribution >= 4 is 11.8 Å². The van der Waals surface area contributed by atoms with Gasteiger partial charge in [0.1, 0.15) is 17.3 Å². The summed E-state index contributed by atoms with van der Waals surface area (Å²) in [6.07, 6.45) is 11.8. The van der Waals surface area contributed by atoms with Crippen molar-refractivity contribution in [2.24, 2.45) is 5.92 Å². The summed E-state index contributed by atoms with van der Waals surface area (Å²) in [5, 5.41) is 15.6. The average molecular weight is 399 g/mol. The van der Waals surface area contributed by atoms with Crippen LogP contribution in [0.15, 0.2) is 18.6 Å². The lowest BCUT2D eigenvalue weighted by Crippen LogP contribution is -2.58. The Morgan fingerprint density at radius 2 is 2.00 bits per heavy atom. The molecular formula is C21H30N6O2. The molecule has 8 nitrogen and oxygen atoms in total. The molecule has 29 heavy (non-hydrogen) atoms. The van der Waals surface area contributed by atoms with Crippen LogP contribution in [0.25, 0.3) is 0 Å². The van der Waals surface area contributed by atoms with Gasteiger partial charge in [-0.05, 0) is 32.2 Å². The molecule has 1 atom stereocenters. The summed E-state index contributed by atoms with van der Waals surface area (Å²) < 4.78 is 0. The van der Waals surface area contributed by atoms with Crippen molar-refractivity contribution in [3.63, 3.8) is 0 Å². The van der Waals surface area contributed by atoms with Crippen LogP contribution >= 0.6 is 0 Å². The predicted molar refractivity (Wildman–Crippen MR) is 108 cm³/mol. The molecule has 1 aromatic rings. The van der Waals surface area contributed by atoms with Gasteiger partial charge in [0.25, 0.3) is 5.91 Å². The van der Waals surface area contributed by atoms with Crippen LogP contribution in [-0.2, 0) is 4.79 Å². The highest BCUT2D eigenvalue weighted by molar-refractivity contribution is 5.96. The van der Waals surface area contributed by atoms with E-state index in [0.717, 1.165) is 38.8 Å². The van der Waals surface area contributed by atoms with Crippen LogP contribution in [0.5, 0.6) is 0 Å². The van der Waals surface area contributed by atoms with Gasteiger partial charge in [-0.25, -0.2) is 4.98 Å². The molecule has 0 aromatic carbocycles. The van der Waals surface area contributed by atoms with Crippen molar-refractivity contribution in [3.05, 3.63) is 24.3 Å². The van der Waals surface area contributed by atoms with E-state index in [1.165, 1.54) is 25.0 Å². The molecule has 0 spiro atoms. The first-order valence-corrected chi connectivity index (χ1v) is 10.5. The summed E-state index contributed by atoms with van der Waals surface area (Å²) in [5.41, 5.74) is -0.686. The second-order valence-corrected chi connectivity index (χ2v) is 8.34. The molecule has 2 amide bonds. The fourth-order valence-electron chi connectivity index (χ4n) is 4.22. The van der Waals surface area contributed by atoms with Gasteiger partial charge in [0.05, 0.1) is 12.3 Å². The highest BCUT2D eigenvalue weighted by Gasteiger charge is 2.38. The zero-order valence-corrected chi connectivity index (χ0v) is 17.1. The van der Waals surface area contributed by atoms with E-state index in [0.29, 0.717) is 25.2 Å². The smallest absolute Gasteiger partial charge is 0.272 e. The maximum atomic E-state index is 13.2. The molecule has 1 saturated heterocycles. The molecular weight excluding hydrogens is 368 g/mol. The highest BCUT2D eigenvalue weighted by Crippen LogP contribution is 2.28. The van der Waals surface area contributed by atoms with Crippen LogP contribution in [-0.4, -0.2) is 58.4 Å². The lowest BCUT2D eigenvalue weighted by atomic mass is 9.84. The van der Waals surface area contributed by atoms with Gasteiger partial charge in [-0.1, -0.05) is 32.1 Å². The fourth-order valence-corrected chi connectivity index (χ4v) is 4.22. The zero-order valence-electron chi connectivity index (χ0n) is 17.1. The van der Waals surface area contributed by atoms with Gasteiger partial charge < -0.3 is 15.5 Å². The molecule has 2 heterocycles. The number of piperidine rings is 1. The summed E-state index contributed by atoms with van der Waals surface area (Å²) >= 11 is 0. The molecule has 1 aliphatic carbocycles. The van der Waals surface area contributed by atoms with E-state index in [-0.39, 0.29) is 11.6 Å². The number of nitriles is 1. The standard InChI is InChI=1S/C21H30N6O2/c1-27-11-7-21(15-22,8-12-27)26-20(29)17(13-16-5-3-2-4-6-16)25-19(28)18-14-23-9-10-24-18/h9-10,14,16-17H,2-8,11-13H2,1H3,(H,25,28)(H,26,29). The highest BCUT2D eigenvalue weighted by atomic mass is 16.2. The normalized spacial score (nSPS) is 21.0. The number of aromatic nitrogens is 2. The Morgan fingerprint density at radius 3 is 2.62 bits per heavy atom. The quantitative estimate of drug-likeness (QED) is 0.754. The molecule has 156 valence electrons. The van der Waals surface area contributed by atoms with Crippen LogP contribution in [0.4, 0.5) is 0 Å². The average Bonchev–Trinajstić information content (AvgIpc) is 2.76. The van der Waals surface area contributed by atoms with E-state index in [2.05, 4.69) is 31.6 Å². The molecule has 2 fully saturated rings. The lowest BCUT2D eigenvalue weighted by molar-refractivity contribution is -0.125. The van der Waals surface area contributed by atoms with Gasteiger partial charge in [-0.15, -0.1) is 0 Å². The van der Waals surface area contributed by atoms with Gasteiger partial charge in [0.2, 0.25) is 5.91 Å². The summed E-state index contributed by atoms with van der Waals surface area (Å²) in [6, 6.07) is 1.64. The Hall–Kier alpha value is -2.53. The van der Waals surface area contributed by atoms with Crippen molar-refractivity contribution < 1.29 is 9.59 Å². The first kappa shape index (κ1) is 21.2. The minimum absolute atomic E-state index is 0.184. The third-order valence-electron chi connectivity index (χ3n) is 6.13. The topological polar surface area (TPSA) is 111 Å². The molecule has 0 radical (unpaired) electrons. The number of rotatable bonds is 6. The van der Waals surface area contributed by atoms with Crippen molar-refractivity contribution in [1.29, 1.82) is 5.26 Å². The Morgan fingerprint density at radius 1 is 1.28 bits per heavy atom. The molecule has 8 heteroatoms. The third kappa shape index (κ3) is 5.73. The van der Waals surface area contributed by atoms with Crippen molar-refractivity contribution in [1.82, 2.24) is 25.5 Å². The number of carbonyl (C=O) groups excluding carboxylic acids is 2. The van der Waals surface area contributed by atoms with E-state index >= 15 is 0 Å².